The number of amides is 1. The van der Waals surface area contributed by atoms with Gasteiger partial charge < -0.3 is 15.2 Å². The van der Waals surface area contributed by atoms with Crippen LogP contribution in [0.5, 0.6) is 0 Å². The highest BCUT2D eigenvalue weighted by Gasteiger charge is 2.21. The number of carbonyl (C=O) groups is 1. The van der Waals surface area contributed by atoms with Gasteiger partial charge in [0.2, 0.25) is 0 Å². The van der Waals surface area contributed by atoms with Gasteiger partial charge in [0.25, 0.3) is 11.8 Å². The van der Waals surface area contributed by atoms with Crippen LogP contribution in [0.4, 0.5) is 4.39 Å². The Balaban J connectivity index is 0.00000280. The Morgan fingerprint density at radius 3 is 2.64 bits per heavy atom. The normalized spacial score (nSPS) is 11.5. The fourth-order valence-electron chi connectivity index (χ4n) is 2.34. The molecule has 3 aromatic rings. The van der Waals surface area contributed by atoms with Crippen LogP contribution in [0.3, 0.4) is 0 Å². The maximum absolute atomic E-state index is 13.0. The van der Waals surface area contributed by atoms with Crippen LogP contribution in [0, 0.1) is 5.82 Å². The van der Waals surface area contributed by atoms with E-state index in [1.54, 1.807) is 12.1 Å². The zero-order valence-electron chi connectivity index (χ0n) is 15.3. The first kappa shape index (κ1) is 21.4. The molecule has 1 unspecified atom stereocenters. The van der Waals surface area contributed by atoms with Crippen LogP contribution in [0.25, 0.3) is 11.6 Å². The van der Waals surface area contributed by atoms with Crippen LogP contribution < -0.4 is 10.6 Å². The number of carbonyl (C=O) groups excluding carboxylic acids is 1. The number of halogens is 2. The van der Waals surface area contributed by atoms with Crippen molar-refractivity contribution >= 4 is 18.3 Å². The second-order valence-electron chi connectivity index (χ2n) is 5.97. The van der Waals surface area contributed by atoms with Gasteiger partial charge in [-0.2, -0.15) is 4.98 Å². The summed E-state index contributed by atoms with van der Waals surface area (Å²) in [5, 5.41) is 9.74. The van der Waals surface area contributed by atoms with E-state index in [4.69, 9.17) is 4.52 Å². The number of hydrogen-bond acceptors (Lipinski definition) is 7. The van der Waals surface area contributed by atoms with Gasteiger partial charge in [-0.15, -0.1) is 12.4 Å². The van der Waals surface area contributed by atoms with Gasteiger partial charge in [-0.25, -0.2) is 14.4 Å². The van der Waals surface area contributed by atoms with E-state index in [0.717, 1.165) is 5.56 Å². The van der Waals surface area contributed by atoms with Gasteiger partial charge in [0, 0.05) is 31.4 Å². The van der Waals surface area contributed by atoms with Gasteiger partial charge in [0.1, 0.15) is 5.82 Å². The van der Waals surface area contributed by atoms with Crippen LogP contribution >= 0.6 is 12.4 Å². The van der Waals surface area contributed by atoms with Gasteiger partial charge in [-0.3, -0.25) is 4.79 Å². The summed E-state index contributed by atoms with van der Waals surface area (Å²) in [5.74, 6) is -0.129. The number of likely N-dealkylation sites (N-methyl/N-ethyl adjacent to an activating group) is 1. The third kappa shape index (κ3) is 5.30. The average Bonchev–Trinajstić information content (AvgIpc) is 3.15. The van der Waals surface area contributed by atoms with E-state index >= 15 is 0 Å². The Hall–Kier alpha value is -2.91. The summed E-state index contributed by atoms with van der Waals surface area (Å²) in [6.07, 6.45) is 3.44. The molecule has 0 radical (unpaired) electrons. The summed E-state index contributed by atoms with van der Waals surface area (Å²) in [7, 11) is 1.85. The molecule has 28 heavy (non-hydrogen) atoms. The SMILES string of the molecule is CNC(C)Cc1noc(-c2nccnc2C(=O)NCc2ccc(F)cc2)n1.Cl. The standard InChI is InChI=1S/C18H19FN6O2.ClH/c1-11(20-2)9-14-24-18(27-25-14)16-15(21-7-8-22-16)17(26)23-10-12-3-5-13(19)6-4-12;/h3-8,11,20H,9-10H2,1-2H3,(H,23,26);1H. The minimum Gasteiger partial charge on any atom is -0.347 e. The van der Waals surface area contributed by atoms with Crippen LogP contribution in [0.15, 0.2) is 41.2 Å². The molecule has 0 saturated heterocycles. The predicted octanol–water partition coefficient (Wildman–Crippen LogP) is 2.17. The lowest BCUT2D eigenvalue weighted by Crippen LogP contribution is -2.25. The molecule has 0 aliphatic heterocycles. The number of nitrogens with one attached hydrogen (secondary N) is 2. The average molecular weight is 407 g/mol. The Morgan fingerprint density at radius 2 is 1.93 bits per heavy atom. The topological polar surface area (TPSA) is 106 Å². The highest BCUT2D eigenvalue weighted by molar-refractivity contribution is 5.96. The monoisotopic (exact) mass is 406 g/mol. The molecule has 8 nitrogen and oxygen atoms in total. The third-order valence-electron chi connectivity index (χ3n) is 3.93. The van der Waals surface area contributed by atoms with E-state index in [9.17, 15) is 9.18 Å². The van der Waals surface area contributed by atoms with E-state index in [-0.39, 0.29) is 48.1 Å². The van der Waals surface area contributed by atoms with Gasteiger partial charge >= 0.3 is 0 Å². The fourth-order valence-corrected chi connectivity index (χ4v) is 2.34. The number of rotatable bonds is 7. The molecule has 2 aromatic heterocycles. The van der Waals surface area contributed by atoms with E-state index in [1.165, 1.54) is 24.5 Å². The van der Waals surface area contributed by atoms with Crippen LogP contribution in [0.1, 0.15) is 28.8 Å². The summed E-state index contributed by atoms with van der Waals surface area (Å²) in [6, 6.07) is 6.04. The van der Waals surface area contributed by atoms with Crippen molar-refractivity contribution in [1.82, 2.24) is 30.7 Å². The van der Waals surface area contributed by atoms with Gasteiger partial charge in [-0.1, -0.05) is 17.3 Å². The van der Waals surface area contributed by atoms with Crippen molar-refractivity contribution in [2.24, 2.45) is 0 Å². The molecule has 3 rings (SSSR count). The molecule has 1 aromatic carbocycles. The largest absolute Gasteiger partial charge is 0.347 e. The maximum Gasteiger partial charge on any atom is 0.278 e. The first-order valence-corrected chi connectivity index (χ1v) is 8.40. The van der Waals surface area contributed by atoms with Crippen molar-refractivity contribution in [2.45, 2.75) is 25.9 Å². The lowest BCUT2D eigenvalue weighted by atomic mass is 10.2. The van der Waals surface area contributed by atoms with E-state index in [0.29, 0.717) is 12.2 Å². The highest BCUT2D eigenvalue weighted by Crippen LogP contribution is 2.18. The van der Waals surface area contributed by atoms with E-state index in [2.05, 4.69) is 30.7 Å². The lowest BCUT2D eigenvalue weighted by molar-refractivity contribution is 0.0946. The van der Waals surface area contributed by atoms with E-state index in [1.807, 2.05) is 14.0 Å². The first-order valence-electron chi connectivity index (χ1n) is 8.40. The number of nitrogens with zero attached hydrogens (tertiary/aromatic N) is 4. The molecule has 0 aliphatic carbocycles. The highest BCUT2D eigenvalue weighted by atomic mass is 35.5. The molecular formula is C18H20ClFN6O2. The van der Waals surface area contributed by atoms with Crippen LogP contribution in [-0.2, 0) is 13.0 Å². The molecule has 10 heteroatoms. The predicted molar refractivity (Wildman–Crippen MR) is 102 cm³/mol. The first-order chi connectivity index (χ1) is 13.1. The summed E-state index contributed by atoms with van der Waals surface area (Å²) in [4.78, 5) is 25.1. The van der Waals surface area contributed by atoms with Gasteiger partial charge in [-0.05, 0) is 31.7 Å². The van der Waals surface area contributed by atoms with Gasteiger partial charge in [0.05, 0.1) is 0 Å². The van der Waals surface area contributed by atoms with Crippen molar-refractivity contribution in [3.63, 3.8) is 0 Å². The molecule has 1 atom stereocenters. The molecule has 0 saturated carbocycles. The van der Waals surface area contributed by atoms with Crippen LogP contribution in [-0.4, -0.2) is 39.1 Å². The molecule has 148 valence electrons. The second kappa shape index (κ2) is 9.86. The van der Waals surface area contributed by atoms with Crippen molar-refractivity contribution < 1.29 is 13.7 Å². The Kier molecular flexibility index (Phi) is 7.53. The number of aromatic nitrogens is 4. The number of hydrogen-bond donors (Lipinski definition) is 2. The minimum atomic E-state index is -0.439. The van der Waals surface area contributed by atoms with Crippen molar-refractivity contribution in [2.75, 3.05) is 7.05 Å². The quantitative estimate of drug-likeness (QED) is 0.619. The molecule has 0 bridgehead atoms. The summed E-state index contributed by atoms with van der Waals surface area (Å²) in [6.45, 7) is 2.22. The second-order valence-corrected chi connectivity index (χ2v) is 5.97. The Morgan fingerprint density at radius 1 is 1.21 bits per heavy atom. The molecular weight excluding hydrogens is 387 g/mol. The maximum atomic E-state index is 13.0. The zero-order chi connectivity index (χ0) is 19.2. The van der Waals surface area contributed by atoms with Gasteiger partial charge in [0.15, 0.2) is 17.2 Å². The summed E-state index contributed by atoms with van der Waals surface area (Å²) >= 11 is 0. The number of benzene rings is 1. The van der Waals surface area contributed by atoms with Crippen molar-refractivity contribution in [3.05, 3.63) is 59.6 Å². The molecule has 2 N–H and O–H groups in total. The molecule has 0 fully saturated rings. The summed E-state index contributed by atoms with van der Waals surface area (Å²) < 4.78 is 18.2. The molecule has 0 spiro atoms. The smallest absolute Gasteiger partial charge is 0.278 e. The van der Waals surface area contributed by atoms with E-state index < -0.39 is 5.91 Å². The zero-order valence-corrected chi connectivity index (χ0v) is 16.2. The van der Waals surface area contributed by atoms with Crippen molar-refractivity contribution in [3.8, 4) is 11.6 Å². The molecule has 1 amide bonds. The minimum absolute atomic E-state index is 0. The Bertz CT molecular complexity index is 918. The fraction of sp³-hybridized carbons (Fsp3) is 0.278. The third-order valence-corrected chi connectivity index (χ3v) is 3.93. The van der Waals surface area contributed by atoms with Crippen LogP contribution in [0.2, 0.25) is 0 Å². The lowest BCUT2D eigenvalue weighted by Gasteiger charge is -2.06. The molecule has 2 heterocycles. The molecule has 0 aliphatic rings. The van der Waals surface area contributed by atoms with Crippen molar-refractivity contribution in [1.29, 1.82) is 0 Å². The summed E-state index contributed by atoms with van der Waals surface area (Å²) in [5.41, 5.74) is 1.05. The Labute approximate surface area is 167 Å².